The molecule has 2 rings (SSSR count). The highest BCUT2D eigenvalue weighted by Gasteiger charge is 2.37. The summed E-state index contributed by atoms with van der Waals surface area (Å²) >= 11 is 0. The zero-order valence-electron chi connectivity index (χ0n) is 26.9. The van der Waals surface area contributed by atoms with Gasteiger partial charge in [-0.1, -0.05) is 64.4 Å². The zero-order valence-corrected chi connectivity index (χ0v) is 27.7. The Bertz CT molecular complexity index is 1250. The highest BCUT2D eigenvalue weighted by atomic mass is 32.2. The van der Waals surface area contributed by atoms with E-state index in [9.17, 15) is 23.1 Å². The summed E-state index contributed by atoms with van der Waals surface area (Å²) in [5, 5.41) is 14.6. The summed E-state index contributed by atoms with van der Waals surface area (Å²) in [5.41, 5.74) is 0.886. The van der Waals surface area contributed by atoms with Crippen molar-refractivity contribution >= 4 is 21.8 Å². The molecule has 2 amide bonds. The molecular formula is C32H50N4O6S. The number of ether oxygens (including phenoxy) is 1. The summed E-state index contributed by atoms with van der Waals surface area (Å²) in [5.74, 6) is -0.260. The number of likely N-dealkylation sites (N-methyl/N-ethyl adjacent to an activating group) is 2. The first-order valence-corrected chi connectivity index (χ1v) is 16.2. The summed E-state index contributed by atoms with van der Waals surface area (Å²) in [4.78, 5) is 30.0. The van der Waals surface area contributed by atoms with Gasteiger partial charge in [0.2, 0.25) is 21.8 Å². The lowest BCUT2D eigenvalue weighted by Gasteiger charge is -2.38. The number of methoxy groups -OCH3 is 1. The van der Waals surface area contributed by atoms with Crippen molar-refractivity contribution in [3.63, 3.8) is 0 Å². The lowest BCUT2D eigenvalue weighted by molar-refractivity contribution is -0.140. The van der Waals surface area contributed by atoms with Crippen molar-refractivity contribution in [2.75, 3.05) is 47.9 Å². The van der Waals surface area contributed by atoms with Crippen LogP contribution >= 0.6 is 0 Å². The van der Waals surface area contributed by atoms with Gasteiger partial charge in [0.1, 0.15) is 11.8 Å². The fourth-order valence-corrected chi connectivity index (χ4v) is 6.49. The average Bonchev–Trinajstić information content (AvgIpc) is 2.97. The summed E-state index contributed by atoms with van der Waals surface area (Å²) in [6, 6.07) is 14.0. The second kappa shape index (κ2) is 16.7. The molecule has 240 valence electrons. The molecule has 0 radical (unpaired) electrons. The van der Waals surface area contributed by atoms with E-state index in [-0.39, 0.29) is 48.2 Å². The van der Waals surface area contributed by atoms with Crippen molar-refractivity contribution < 1.29 is 27.9 Å². The van der Waals surface area contributed by atoms with Crippen LogP contribution in [0.15, 0.2) is 59.5 Å². The largest absolute Gasteiger partial charge is 0.497 e. The monoisotopic (exact) mass is 618 g/mol. The topological polar surface area (TPSA) is 119 Å². The lowest BCUT2D eigenvalue weighted by Crippen LogP contribution is -2.58. The molecule has 0 saturated carbocycles. The Morgan fingerprint density at radius 3 is 2.07 bits per heavy atom. The summed E-state index contributed by atoms with van der Waals surface area (Å²) in [7, 11) is 2.70. The van der Waals surface area contributed by atoms with E-state index >= 15 is 0 Å². The smallest absolute Gasteiger partial charge is 0.245 e. The summed E-state index contributed by atoms with van der Waals surface area (Å²) < 4.78 is 34.0. The zero-order chi connectivity index (χ0) is 32.3. The van der Waals surface area contributed by atoms with Crippen LogP contribution in [0.2, 0.25) is 0 Å². The number of sulfonamides is 1. The van der Waals surface area contributed by atoms with E-state index in [4.69, 9.17) is 4.74 Å². The minimum Gasteiger partial charge on any atom is -0.497 e. The molecule has 0 fully saturated rings. The number of aliphatic hydroxyl groups excluding tert-OH is 1. The van der Waals surface area contributed by atoms with E-state index in [0.29, 0.717) is 18.6 Å². The van der Waals surface area contributed by atoms with E-state index in [0.717, 1.165) is 5.56 Å². The van der Waals surface area contributed by atoms with Gasteiger partial charge in [-0.05, 0) is 62.2 Å². The molecule has 0 aliphatic heterocycles. The standard InChI is InChI=1S/C32H50N4O6S/c1-9-24(4)31(33-30(38)22-34(5)6)32(39)35(7)28(19-25-13-11-10-12-14-25)29(37)21-36(20-23(2)3)43(40,41)27-17-15-26(42-8)16-18-27/h10-18,23-24,28-29,31,37H,9,19-22H2,1-8H3,(H,33,38)/t24?,28-,29+,31-/m0/s1. The molecule has 0 spiro atoms. The molecule has 0 heterocycles. The van der Waals surface area contributed by atoms with E-state index in [1.807, 2.05) is 58.0 Å². The fourth-order valence-electron chi connectivity index (χ4n) is 4.86. The Balaban J connectivity index is 2.46. The number of amides is 2. The second-order valence-electron chi connectivity index (χ2n) is 11.8. The van der Waals surface area contributed by atoms with Crippen molar-refractivity contribution in [3.8, 4) is 5.75 Å². The number of carbonyl (C=O) groups is 2. The van der Waals surface area contributed by atoms with Crippen LogP contribution < -0.4 is 10.1 Å². The average molecular weight is 619 g/mol. The van der Waals surface area contributed by atoms with Gasteiger partial charge in [-0.2, -0.15) is 4.31 Å². The van der Waals surface area contributed by atoms with E-state index in [2.05, 4.69) is 5.32 Å². The van der Waals surface area contributed by atoms with Gasteiger partial charge in [-0.25, -0.2) is 8.42 Å². The maximum Gasteiger partial charge on any atom is 0.245 e. The van der Waals surface area contributed by atoms with Crippen LogP contribution in [0.4, 0.5) is 0 Å². The molecule has 2 aromatic carbocycles. The number of nitrogens with one attached hydrogen (secondary N) is 1. The van der Waals surface area contributed by atoms with Crippen LogP contribution in [0.1, 0.15) is 39.7 Å². The van der Waals surface area contributed by atoms with Crippen LogP contribution in [0.25, 0.3) is 0 Å². The molecule has 0 bridgehead atoms. The molecule has 2 aromatic rings. The second-order valence-corrected chi connectivity index (χ2v) is 13.8. The molecule has 0 aliphatic rings. The van der Waals surface area contributed by atoms with Gasteiger partial charge in [0.05, 0.1) is 30.7 Å². The van der Waals surface area contributed by atoms with Gasteiger partial charge in [0.25, 0.3) is 0 Å². The normalized spacial score (nSPS) is 14.8. The van der Waals surface area contributed by atoms with Crippen molar-refractivity contribution in [2.45, 2.75) is 63.6 Å². The van der Waals surface area contributed by atoms with Crippen LogP contribution in [0.5, 0.6) is 5.75 Å². The quantitative estimate of drug-likeness (QED) is 0.280. The maximum atomic E-state index is 14.0. The number of rotatable bonds is 17. The molecule has 2 N–H and O–H groups in total. The molecule has 0 aromatic heterocycles. The van der Waals surface area contributed by atoms with Gasteiger partial charge in [-0.15, -0.1) is 0 Å². The highest BCUT2D eigenvalue weighted by molar-refractivity contribution is 7.89. The first-order chi connectivity index (χ1) is 20.2. The van der Waals surface area contributed by atoms with Crippen molar-refractivity contribution in [1.82, 2.24) is 19.4 Å². The van der Waals surface area contributed by atoms with Crippen LogP contribution in [-0.4, -0.2) is 106 Å². The SMILES string of the molecule is CCC(C)[C@H](NC(=O)CN(C)C)C(=O)N(C)[C@@H](Cc1ccccc1)[C@H](O)CN(CC(C)C)S(=O)(=O)c1ccc(OC)cc1. The number of benzene rings is 2. The first-order valence-electron chi connectivity index (χ1n) is 14.8. The predicted molar refractivity (Wildman–Crippen MR) is 169 cm³/mol. The summed E-state index contributed by atoms with van der Waals surface area (Å²) in [6.45, 7) is 7.77. The molecule has 43 heavy (non-hydrogen) atoms. The Morgan fingerprint density at radius 2 is 1.56 bits per heavy atom. The van der Waals surface area contributed by atoms with Gasteiger partial charge in [0.15, 0.2) is 0 Å². The number of hydrogen-bond acceptors (Lipinski definition) is 7. The Labute approximate surface area is 258 Å². The number of carbonyl (C=O) groups excluding carboxylic acids is 2. The van der Waals surface area contributed by atoms with Crippen molar-refractivity contribution in [3.05, 3.63) is 60.2 Å². The third-order valence-electron chi connectivity index (χ3n) is 7.49. The third kappa shape index (κ3) is 10.6. The van der Waals surface area contributed by atoms with E-state index in [1.54, 1.807) is 38.2 Å². The minimum atomic E-state index is -3.98. The number of nitrogens with zero attached hydrogens (tertiary/aromatic N) is 3. The lowest BCUT2D eigenvalue weighted by atomic mass is 9.94. The van der Waals surface area contributed by atoms with Crippen LogP contribution in [-0.2, 0) is 26.0 Å². The third-order valence-corrected chi connectivity index (χ3v) is 9.33. The highest BCUT2D eigenvalue weighted by Crippen LogP contribution is 2.23. The Hall–Kier alpha value is -2.99. The minimum absolute atomic E-state index is 0.0196. The van der Waals surface area contributed by atoms with Crippen LogP contribution in [0.3, 0.4) is 0 Å². The number of hydrogen-bond donors (Lipinski definition) is 2. The molecule has 11 heteroatoms. The van der Waals surface area contributed by atoms with Gasteiger partial charge < -0.3 is 25.0 Å². The molecule has 1 unspecified atom stereocenters. The number of aliphatic hydroxyl groups is 1. The van der Waals surface area contributed by atoms with Crippen molar-refractivity contribution in [1.29, 1.82) is 0 Å². The van der Waals surface area contributed by atoms with Crippen LogP contribution in [0, 0.1) is 11.8 Å². The first kappa shape index (κ1) is 36.2. The van der Waals surface area contributed by atoms with E-state index < -0.39 is 28.2 Å². The molecule has 10 nitrogen and oxygen atoms in total. The molecule has 4 atom stereocenters. The maximum absolute atomic E-state index is 14.0. The van der Waals surface area contributed by atoms with Gasteiger partial charge in [-0.3, -0.25) is 9.59 Å². The van der Waals surface area contributed by atoms with E-state index in [1.165, 1.54) is 28.4 Å². The Kier molecular flexibility index (Phi) is 14.1. The summed E-state index contributed by atoms with van der Waals surface area (Å²) in [6.07, 6.45) is -0.280. The predicted octanol–water partition coefficient (Wildman–Crippen LogP) is 2.87. The fraction of sp³-hybridized carbons (Fsp3) is 0.562. The molecule has 0 saturated heterocycles. The Morgan fingerprint density at radius 1 is 0.953 bits per heavy atom. The molecule has 0 aliphatic carbocycles. The van der Waals surface area contributed by atoms with Crippen molar-refractivity contribution in [2.24, 2.45) is 11.8 Å². The van der Waals surface area contributed by atoms with Gasteiger partial charge in [0, 0.05) is 20.1 Å². The van der Waals surface area contributed by atoms with Gasteiger partial charge >= 0.3 is 0 Å². The molecular weight excluding hydrogens is 568 g/mol.